The predicted octanol–water partition coefficient (Wildman–Crippen LogP) is 3.85. The lowest BCUT2D eigenvalue weighted by Gasteiger charge is -2.34. The van der Waals surface area contributed by atoms with Crippen LogP contribution in [0.15, 0.2) is 35.4 Å². The summed E-state index contributed by atoms with van der Waals surface area (Å²) in [4.78, 5) is 0. The number of hydrazone groups is 1. The van der Waals surface area contributed by atoms with Gasteiger partial charge in [0.25, 0.3) is 0 Å². The van der Waals surface area contributed by atoms with Crippen LogP contribution in [-0.2, 0) is 6.54 Å². The number of thiocarbonyl (C=S) groups is 1. The van der Waals surface area contributed by atoms with Crippen LogP contribution >= 0.6 is 12.2 Å². The molecule has 4 heteroatoms. The molecule has 2 rings (SSSR count). The van der Waals surface area contributed by atoms with Gasteiger partial charge in [-0.1, -0.05) is 51.1 Å². The molecule has 1 aliphatic rings. The standard InChI is InChI=1S/C17H25N3S/c1-13-9-15(11-17(2,3)10-13)19-20-16(21)18-12-14-7-5-4-6-8-14/h4-8,13H,9-12H2,1-3H3,(H2,18,20,21). The van der Waals surface area contributed by atoms with Crippen LogP contribution in [-0.4, -0.2) is 10.8 Å². The summed E-state index contributed by atoms with van der Waals surface area (Å²) in [6, 6.07) is 10.2. The van der Waals surface area contributed by atoms with Gasteiger partial charge in [0.15, 0.2) is 5.11 Å². The smallest absolute Gasteiger partial charge is 0.187 e. The first kappa shape index (κ1) is 16.0. The number of hydrogen-bond acceptors (Lipinski definition) is 2. The molecule has 1 aromatic rings. The first-order chi connectivity index (χ1) is 9.94. The zero-order valence-corrected chi connectivity index (χ0v) is 14.0. The highest BCUT2D eigenvalue weighted by Gasteiger charge is 2.29. The number of benzene rings is 1. The van der Waals surface area contributed by atoms with E-state index in [4.69, 9.17) is 12.2 Å². The molecular weight excluding hydrogens is 278 g/mol. The maximum Gasteiger partial charge on any atom is 0.187 e. The minimum Gasteiger partial charge on any atom is -0.357 e. The van der Waals surface area contributed by atoms with Gasteiger partial charge in [-0.3, -0.25) is 5.43 Å². The van der Waals surface area contributed by atoms with E-state index in [2.05, 4.69) is 48.7 Å². The molecule has 2 N–H and O–H groups in total. The average Bonchev–Trinajstić information content (AvgIpc) is 2.42. The lowest BCUT2D eigenvalue weighted by atomic mass is 9.72. The van der Waals surface area contributed by atoms with Crippen LogP contribution in [0, 0.1) is 11.3 Å². The highest BCUT2D eigenvalue weighted by Crippen LogP contribution is 2.36. The topological polar surface area (TPSA) is 36.4 Å². The van der Waals surface area contributed by atoms with Crippen molar-refractivity contribution in [3.8, 4) is 0 Å². The van der Waals surface area contributed by atoms with E-state index in [1.165, 1.54) is 17.7 Å². The Kier molecular flexibility index (Phi) is 5.34. The Hall–Kier alpha value is -1.42. The Morgan fingerprint density at radius 3 is 2.71 bits per heavy atom. The van der Waals surface area contributed by atoms with Crippen LogP contribution < -0.4 is 10.7 Å². The molecule has 1 saturated carbocycles. The van der Waals surface area contributed by atoms with Crippen LogP contribution in [0.3, 0.4) is 0 Å². The Balaban J connectivity index is 1.81. The molecule has 0 saturated heterocycles. The first-order valence-corrected chi connectivity index (χ1v) is 7.99. The van der Waals surface area contributed by atoms with Gasteiger partial charge in [-0.25, -0.2) is 0 Å². The van der Waals surface area contributed by atoms with E-state index >= 15 is 0 Å². The predicted molar refractivity (Wildman–Crippen MR) is 93.2 cm³/mol. The van der Waals surface area contributed by atoms with Gasteiger partial charge in [0.05, 0.1) is 0 Å². The Bertz CT molecular complexity index is 508. The van der Waals surface area contributed by atoms with Crippen LogP contribution in [0.4, 0.5) is 0 Å². The fourth-order valence-electron chi connectivity index (χ4n) is 3.15. The SMILES string of the molecule is CC1CC(=NNC(=S)NCc2ccccc2)CC(C)(C)C1. The fraction of sp³-hybridized carbons (Fsp3) is 0.529. The van der Waals surface area contributed by atoms with E-state index in [0.717, 1.165) is 19.4 Å². The highest BCUT2D eigenvalue weighted by atomic mass is 32.1. The highest BCUT2D eigenvalue weighted by molar-refractivity contribution is 7.80. The third kappa shape index (κ3) is 5.46. The van der Waals surface area contributed by atoms with Crippen LogP contribution in [0.5, 0.6) is 0 Å². The third-order valence-corrected chi connectivity index (χ3v) is 4.01. The Morgan fingerprint density at radius 2 is 2.05 bits per heavy atom. The molecule has 0 aliphatic heterocycles. The number of hydrogen-bond donors (Lipinski definition) is 2. The van der Waals surface area contributed by atoms with E-state index in [1.807, 2.05) is 18.2 Å². The molecule has 1 aromatic carbocycles. The van der Waals surface area contributed by atoms with Crippen molar-refractivity contribution >= 4 is 23.0 Å². The first-order valence-electron chi connectivity index (χ1n) is 7.58. The minimum absolute atomic E-state index is 0.345. The number of rotatable bonds is 3. The van der Waals surface area contributed by atoms with Gasteiger partial charge < -0.3 is 5.32 Å². The average molecular weight is 303 g/mol. The zero-order valence-electron chi connectivity index (χ0n) is 13.1. The fourth-order valence-corrected chi connectivity index (χ4v) is 3.27. The molecule has 0 bridgehead atoms. The summed E-state index contributed by atoms with van der Waals surface area (Å²) in [6.45, 7) is 7.64. The normalized spacial score (nSPS) is 22.8. The largest absolute Gasteiger partial charge is 0.357 e. The third-order valence-electron chi connectivity index (χ3n) is 3.78. The second kappa shape index (κ2) is 7.03. The van der Waals surface area contributed by atoms with Crippen molar-refractivity contribution in [3.05, 3.63) is 35.9 Å². The monoisotopic (exact) mass is 303 g/mol. The maximum absolute atomic E-state index is 5.28. The summed E-state index contributed by atoms with van der Waals surface area (Å²) in [5, 5.41) is 8.27. The van der Waals surface area contributed by atoms with Crippen molar-refractivity contribution < 1.29 is 0 Å². The Morgan fingerprint density at radius 1 is 1.33 bits per heavy atom. The molecule has 114 valence electrons. The van der Waals surface area contributed by atoms with Crippen molar-refractivity contribution in [3.63, 3.8) is 0 Å². The van der Waals surface area contributed by atoms with Crippen LogP contribution in [0.2, 0.25) is 0 Å². The van der Waals surface area contributed by atoms with E-state index in [1.54, 1.807) is 0 Å². The van der Waals surface area contributed by atoms with Gasteiger partial charge in [0.2, 0.25) is 0 Å². The molecule has 1 fully saturated rings. The molecule has 3 nitrogen and oxygen atoms in total. The molecule has 0 aromatic heterocycles. The minimum atomic E-state index is 0.345. The second-order valence-electron chi connectivity index (χ2n) is 6.81. The van der Waals surface area contributed by atoms with Gasteiger partial charge in [0.1, 0.15) is 0 Å². The van der Waals surface area contributed by atoms with E-state index in [9.17, 15) is 0 Å². The summed E-state index contributed by atoms with van der Waals surface area (Å²) < 4.78 is 0. The lowest BCUT2D eigenvalue weighted by Crippen LogP contribution is -2.34. The second-order valence-corrected chi connectivity index (χ2v) is 7.22. The molecule has 1 aliphatic carbocycles. The Labute approximate surface area is 133 Å². The van der Waals surface area contributed by atoms with Gasteiger partial charge in [-0.2, -0.15) is 5.10 Å². The summed E-state index contributed by atoms with van der Waals surface area (Å²) >= 11 is 5.28. The molecule has 0 spiro atoms. The van der Waals surface area contributed by atoms with E-state index in [-0.39, 0.29) is 0 Å². The number of nitrogens with zero attached hydrogens (tertiary/aromatic N) is 1. The molecule has 0 heterocycles. The van der Waals surface area contributed by atoms with Gasteiger partial charge >= 0.3 is 0 Å². The van der Waals surface area contributed by atoms with Crippen molar-refractivity contribution in [2.75, 3.05) is 0 Å². The van der Waals surface area contributed by atoms with Crippen molar-refractivity contribution in [1.29, 1.82) is 0 Å². The zero-order chi connectivity index (χ0) is 15.3. The van der Waals surface area contributed by atoms with Gasteiger partial charge in [-0.05, 0) is 48.4 Å². The molecule has 0 amide bonds. The maximum atomic E-state index is 5.28. The van der Waals surface area contributed by atoms with Gasteiger partial charge in [-0.15, -0.1) is 0 Å². The molecule has 0 radical (unpaired) electrons. The quantitative estimate of drug-likeness (QED) is 0.658. The van der Waals surface area contributed by atoms with Crippen LogP contribution in [0.25, 0.3) is 0 Å². The van der Waals surface area contributed by atoms with Crippen molar-refractivity contribution in [2.24, 2.45) is 16.4 Å². The molecule has 1 unspecified atom stereocenters. The molecular formula is C17H25N3S. The lowest BCUT2D eigenvalue weighted by molar-refractivity contribution is 0.265. The van der Waals surface area contributed by atoms with E-state index in [0.29, 0.717) is 16.4 Å². The molecule has 21 heavy (non-hydrogen) atoms. The van der Waals surface area contributed by atoms with Crippen molar-refractivity contribution in [1.82, 2.24) is 10.7 Å². The molecule has 1 atom stereocenters. The summed E-state index contributed by atoms with van der Waals surface area (Å²) in [6.07, 6.45) is 3.38. The summed E-state index contributed by atoms with van der Waals surface area (Å²) in [5.41, 5.74) is 5.77. The van der Waals surface area contributed by atoms with Crippen molar-refractivity contribution in [2.45, 2.75) is 46.6 Å². The summed E-state index contributed by atoms with van der Waals surface area (Å²) in [7, 11) is 0. The summed E-state index contributed by atoms with van der Waals surface area (Å²) in [5.74, 6) is 0.695. The van der Waals surface area contributed by atoms with Crippen LogP contribution in [0.1, 0.15) is 45.6 Å². The number of nitrogens with one attached hydrogen (secondary N) is 2. The van der Waals surface area contributed by atoms with Gasteiger partial charge in [0, 0.05) is 12.3 Å². The van der Waals surface area contributed by atoms with E-state index < -0.39 is 0 Å².